The third-order valence-corrected chi connectivity index (χ3v) is 6.94. The second kappa shape index (κ2) is 9.16. The predicted molar refractivity (Wildman–Crippen MR) is 131 cm³/mol. The number of phenols is 1. The smallest absolute Gasteiger partial charge is 0.295 e. The molecular weight excluding hydrogens is 430 g/mol. The van der Waals surface area contributed by atoms with E-state index in [2.05, 4.69) is 0 Å². The first-order valence-electron chi connectivity index (χ1n) is 11.9. The fourth-order valence-corrected chi connectivity index (χ4v) is 5.17. The van der Waals surface area contributed by atoms with Crippen LogP contribution in [0.15, 0.2) is 48.0 Å². The number of ketones is 1. The minimum atomic E-state index is -0.705. The van der Waals surface area contributed by atoms with Crippen molar-refractivity contribution in [3.63, 3.8) is 0 Å². The normalized spacial score (nSPS) is 21.2. The lowest BCUT2D eigenvalue weighted by atomic mass is 9.84. The van der Waals surface area contributed by atoms with Crippen molar-refractivity contribution in [3.8, 4) is 11.5 Å². The number of aromatic hydroxyl groups is 1. The zero-order valence-corrected chi connectivity index (χ0v) is 20.3. The van der Waals surface area contributed by atoms with Gasteiger partial charge < -0.3 is 19.8 Å². The molecule has 2 fully saturated rings. The average Bonchev–Trinajstić information content (AvgIpc) is 3.09. The molecule has 1 heterocycles. The molecule has 180 valence electrons. The summed E-state index contributed by atoms with van der Waals surface area (Å²) in [5.41, 5.74) is 1.88. The molecule has 2 aromatic carbocycles. The first-order chi connectivity index (χ1) is 16.1. The summed E-state index contributed by atoms with van der Waals surface area (Å²) in [6.07, 6.45) is 4.79. The number of ether oxygens (including phenoxy) is 1. The molecule has 6 nitrogen and oxygen atoms in total. The maximum absolute atomic E-state index is 13.3. The number of carbonyl (C=O) groups excluding carboxylic acids is 2. The number of carbonyl (C=O) groups is 2. The quantitative estimate of drug-likeness (QED) is 0.358. The number of benzene rings is 2. The lowest BCUT2D eigenvalue weighted by Crippen LogP contribution is -2.40. The van der Waals surface area contributed by atoms with Crippen LogP contribution in [0.1, 0.15) is 75.6 Å². The van der Waals surface area contributed by atoms with E-state index in [4.69, 9.17) is 4.74 Å². The van der Waals surface area contributed by atoms with Crippen molar-refractivity contribution < 1.29 is 24.5 Å². The van der Waals surface area contributed by atoms with Crippen molar-refractivity contribution in [2.45, 2.75) is 70.4 Å². The highest BCUT2D eigenvalue weighted by Gasteiger charge is 2.48. The van der Waals surface area contributed by atoms with Crippen LogP contribution in [0.25, 0.3) is 5.76 Å². The van der Waals surface area contributed by atoms with Gasteiger partial charge in [-0.25, -0.2) is 0 Å². The molecule has 1 aliphatic carbocycles. The molecule has 2 aromatic rings. The van der Waals surface area contributed by atoms with Gasteiger partial charge >= 0.3 is 0 Å². The van der Waals surface area contributed by atoms with Gasteiger partial charge in [-0.05, 0) is 54.2 Å². The number of hydrogen-bond acceptors (Lipinski definition) is 5. The Morgan fingerprint density at radius 3 is 2.24 bits per heavy atom. The van der Waals surface area contributed by atoms with E-state index in [0.29, 0.717) is 16.9 Å². The van der Waals surface area contributed by atoms with Crippen LogP contribution in [-0.4, -0.2) is 40.0 Å². The van der Waals surface area contributed by atoms with Gasteiger partial charge in [0.05, 0.1) is 18.7 Å². The number of methoxy groups -OCH3 is 1. The molecule has 0 radical (unpaired) electrons. The van der Waals surface area contributed by atoms with Crippen LogP contribution in [0.2, 0.25) is 0 Å². The fraction of sp³-hybridized carbons (Fsp3) is 0.429. The van der Waals surface area contributed by atoms with Crippen LogP contribution in [0.3, 0.4) is 0 Å². The number of Topliss-reactive ketones (excluding diaryl/α,β-unsaturated/α-hetero) is 1. The molecule has 0 bridgehead atoms. The summed E-state index contributed by atoms with van der Waals surface area (Å²) in [7, 11) is 1.60. The van der Waals surface area contributed by atoms with Gasteiger partial charge in [0.25, 0.3) is 11.7 Å². The van der Waals surface area contributed by atoms with Gasteiger partial charge in [0, 0.05) is 17.2 Å². The molecular formula is C28H33NO5. The number of aliphatic hydroxyl groups excluding tert-OH is 1. The van der Waals surface area contributed by atoms with Crippen LogP contribution < -0.4 is 4.74 Å². The third-order valence-electron chi connectivity index (χ3n) is 6.94. The number of likely N-dealkylation sites (tertiary alicyclic amines) is 1. The fourth-order valence-electron chi connectivity index (χ4n) is 5.17. The van der Waals surface area contributed by atoms with Gasteiger partial charge in [0.15, 0.2) is 0 Å². The minimum absolute atomic E-state index is 0.0599. The van der Waals surface area contributed by atoms with Crippen LogP contribution in [-0.2, 0) is 15.0 Å². The molecule has 1 atom stereocenters. The van der Waals surface area contributed by atoms with Crippen molar-refractivity contribution in [1.29, 1.82) is 0 Å². The number of phenolic OH excluding ortho intramolecular Hbond substituents is 1. The topological polar surface area (TPSA) is 87.1 Å². The zero-order valence-electron chi connectivity index (χ0n) is 20.3. The summed E-state index contributed by atoms with van der Waals surface area (Å²) in [5.74, 6) is -0.640. The van der Waals surface area contributed by atoms with Crippen molar-refractivity contribution in [1.82, 2.24) is 4.90 Å². The summed E-state index contributed by atoms with van der Waals surface area (Å²) in [5, 5.41) is 21.3. The van der Waals surface area contributed by atoms with E-state index in [0.717, 1.165) is 37.7 Å². The molecule has 2 N–H and O–H groups in total. The number of amides is 1. The Bertz CT molecular complexity index is 1120. The largest absolute Gasteiger partial charge is 0.508 e. The number of aliphatic hydroxyl groups is 1. The second-order valence-electron chi connectivity index (χ2n) is 10.3. The molecule has 2 aliphatic rings. The lowest BCUT2D eigenvalue weighted by Gasteiger charge is -2.35. The van der Waals surface area contributed by atoms with Gasteiger partial charge in [-0.1, -0.05) is 52.2 Å². The predicted octanol–water partition coefficient (Wildman–Crippen LogP) is 5.45. The van der Waals surface area contributed by atoms with Crippen molar-refractivity contribution in [3.05, 3.63) is 64.7 Å². The molecule has 0 aromatic heterocycles. The first kappa shape index (κ1) is 23.9. The average molecular weight is 464 g/mol. The Hall–Kier alpha value is -3.28. The van der Waals surface area contributed by atoms with Gasteiger partial charge in [0.1, 0.15) is 17.3 Å². The van der Waals surface area contributed by atoms with E-state index < -0.39 is 17.7 Å². The maximum atomic E-state index is 13.3. The highest BCUT2D eigenvalue weighted by Crippen LogP contribution is 2.44. The van der Waals surface area contributed by atoms with Crippen LogP contribution in [0.4, 0.5) is 0 Å². The van der Waals surface area contributed by atoms with E-state index in [1.54, 1.807) is 48.4 Å². The lowest BCUT2D eigenvalue weighted by molar-refractivity contribution is -0.141. The van der Waals surface area contributed by atoms with Gasteiger partial charge in [-0.3, -0.25) is 9.59 Å². The van der Waals surface area contributed by atoms with Crippen molar-refractivity contribution >= 4 is 17.4 Å². The van der Waals surface area contributed by atoms with E-state index >= 15 is 0 Å². The van der Waals surface area contributed by atoms with Gasteiger partial charge in [-0.2, -0.15) is 0 Å². The molecule has 1 amide bonds. The number of rotatable bonds is 4. The summed E-state index contributed by atoms with van der Waals surface area (Å²) in [6, 6.07) is 11.1. The molecule has 1 unspecified atom stereocenters. The summed E-state index contributed by atoms with van der Waals surface area (Å²) in [6.45, 7) is 6.15. The molecule has 0 spiro atoms. The zero-order chi connectivity index (χ0) is 24.6. The Morgan fingerprint density at radius 2 is 1.65 bits per heavy atom. The van der Waals surface area contributed by atoms with E-state index in [-0.39, 0.29) is 28.5 Å². The monoisotopic (exact) mass is 463 g/mol. The van der Waals surface area contributed by atoms with Crippen molar-refractivity contribution in [2.75, 3.05) is 7.11 Å². The van der Waals surface area contributed by atoms with E-state index in [9.17, 15) is 19.8 Å². The number of hydrogen-bond donors (Lipinski definition) is 2. The Morgan fingerprint density at radius 1 is 1.00 bits per heavy atom. The molecule has 4 rings (SSSR count). The van der Waals surface area contributed by atoms with Gasteiger partial charge in [0.2, 0.25) is 0 Å². The Balaban J connectivity index is 1.89. The van der Waals surface area contributed by atoms with E-state index in [1.165, 1.54) is 0 Å². The summed E-state index contributed by atoms with van der Waals surface area (Å²) in [4.78, 5) is 28.3. The Labute approximate surface area is 200 Å². The SMILES string of the molecule is COc1ccc(/C(O)=C2/C(=O)C(=O)N(C3CCCCC3)C2c2ccc(O)cc2)cc1C(C)(C)C. The molecule has 1 aliphatic heterocycles. The van der Waals surface area contributed by atoms with Crippen LogP contribution in [0, 0.1) is 0 Å². The van der Waals surface area contributed by atoms with Crippen LogP contribution >= 0.6 is 0 Å². The molecule has 1 saturated carbocycles. The van der Waals surface area contributed by atoms with E-state index in [1.807, 2.05) is 26.8 Å². The molecule has 6 heteroatoms. The Kier molecular flexibility index (Phi) is 6.43. The summed E-state index contributed by atoms with van der Waals surface area (Å²) < 4.78 is 5.52. The number of nitrogens with zero attached hydrogens (tertiary/aromatic N) is 1. The molecule has 1 saturated heterocycles. The minimum Gasteiger partial charge on any atom is -0.508 e. The molecule has 34 heavy (non-hydrogen) atoms. The van der Waals surface area contributed by atoms with Gasteiger partial charge in [-0.15, -0.1) is 0 Å². The summed E-state index contributed by atoms with van der Waals surface area (Å²) >= 11 is 0. The standard InChI is InChI=1S/C28H33NO5/c1-28(2,3)21-16-18(12-15-22(21)34-4)25(31)23-24(17-10-13-20(30)14-11-17)29(27(33)26(23)32)19-8-6-5-7-9-19/h10-16,19,24,30-31H,5-9H2,1-4H3/b25-23-. The van der Waals surface area contributed by atoms with Crippen molar-refractivity contribution in [2.24, 2.45) is 0 Å². The van der Waals surface area contributed by atoms with Crippen LogP contribution in [0.5, 0.6) is 11.5 Å². The first-order valence-corrected chi connectivity index (χ1v) is 11.9. The maximum Gasteiger partial charge on any atom is 0.295 e. The highest BCUT2D eigenvalue weighted by atomic mass is 16.5. The highest BCUT2D eigenvalue weighted by molar-refractivity contribution is 6.46. The third kappa shape index (κ3) is 4.29. The second-order valence-corrected chi connectivity index (χ2v) is 10.3.